The smallest absolute Gasteiger partial charge is 0.162 e. The molecule has 1 aliphatic rings. The molecule has 0 bridgehead atoms. The van der Waals surface area contributed by atoms with Crippen molar-refractivity contribution in [2.75, 3.05) is 7.11 Å². The van der Waals surface area contributed by atoms with Crippen LogP contribution in [0.3, 0.4) is 0 Å². The Morgan fingerprint density at radius 2 is 1.78 bits per heavy atom. The lowest BCUT2D eigenvalue weighted by molar-refractivity contribution is 0.0655. The Morgan fingerprint density at radius 1 is 1.11 bits per heavy atom. The van der Waals surface area contributed by atoms with E-state index in [0.29, 0.717) is 17.5 Å². The van der Waals surface area contributed by atoms with Crippen molar-refractivity contribution in [3.63, 3.8) is 0 Å². The van der Waals surface area contributed by atoms with E-state index in [0.717, 1.165) is 25.7 Å². The molecule has 100 valence electrons. The van der Waals surface area contributed by atoms with Crippen LogP contribution in [0.15, 0.2) is 12.1 Å². The molecule has 1 aliphatic carbocycles. The fourth-order valence-corrected chi connectivity index (χ4v) is 2.80. The molecule has 0 spiro atoms. The van der Waals surface area contributed by atoms with Gasteiger partial charge in [-0.15, -0.1) is 0 Å². The lowest BCUT2D eigenvalue weighted by atomic mass is 9.82. The Kier molecular flexibility index (Phi) is 4.33. The van der Waals surface area contributed by atoms with Crippen LogP contribution in [0.2, 0.25) is 0 Å². The molecule has 0 heterocycles. The highest BCUT2D eigenvalue weighted by atomic mass is 19.2. The number of aryl methyl sites for hydroxylation is 1. The number of benzene rings is 1. The van der Waals surface area contributed by atoms with E-state index in [2.05, 4.69) is 0 Å². The predicted octanol–water partition coefficient (Wildman–Crippen LogP) is 4.20. The molecule has 2 rings (SSSR count). The first-order valence-electron chi connectivity index (χ1n) is 6.66. The van der Waals surface area contributed by atoms with Gasteiger partial charge in [0, 0.05) is 7.11 Å². The van der Waals surface area contributed by atoms with Gasteiger partial charge >= 0.3 is 0 Å². The predicted molar refractivity (Wildman–Crippen MR) is 67.7 cm³/mol. The van der Waals surface area contributed by atoms with Gasteiger partial charge in [0.05, 0.1) is 6.10 Å². The van der Waals surface area contributed by atoms with Crippen LogP contribution >= 0.6 is 0 Å². The van der Waals surface area contributed by atoms with Crippen molar-refractivity contribution in [1.29, 1.82) is 0 Å². The molecule has 0 saturated heterocycles. The highest BCUT2D eigenvalue weighted by molar-refractivity contribution is 5.29. The zero-order chi connectivity index (χ0) is 13.1. The molecule has 1 fully saturated rings. The Morgan fingerprint density at radius 3 is 2.33 bits per heavy atom. The molecule has 18 heavy (non-hydrogen) atoms. The van der Waals surface area contributed by atoms with E-state index in [1.807, 2.05) is 6.92 Å². The lowest BCUT2D eigenvalue weighted by Crippen LogP contribution is -2.20. The number of ether oxygens (including phenoxy) is 1. The summed E-state index contributed by atoms with van der Waals surface area (Å²) in [4.78, 5) is 0. The minimum atomic E-state index is -0.663. The second-order valence-electron chi connectivity index (χ2n) is 5.00. The molecule has 1 aromatic carbocycles. The van der Waals surface area contributed by atoms with Crippen LogP contribution in [0, 0.1) is 11.6 Å². The summed E-state index contributed by atoms with van der Waals surface area (Å²) in [5.74, 6) is -1.17. The van der Waals surface area contributed by atoms with Gasteiger partial charge in [0.2, 0.25) is 0 Å². The first kappa shape index (κ1) is 13.5. The third-order valence-corrected chi connectivity index (χ3v) is 4.02. The van der Waals surface area contributed by atoms with E-state index in [1.165, 1.54) is 0 Å². The first-order chi connectivity index (χ1) is 8.67. The number of hydrogen-bond acceptors (Lipinski definition) is 1. The van der Waals surface area contributed by atoms with Crippen molar-refractivity contribution in [2.45, 2.75) is 51.0 Å². The van der Waals surface area contributed by atoms with Gasteiger partial charge in [-0.25, -0.2) is 8.78 Å². The van der Waals surface area contributed by atoms with Crippen LogP contribution in [0.4, 0.5) is 8.78 Å². The summed E-state index contributed by atoms with van der Waals surface area (Å²) in [6.45, 7) is 1.83. The van der Waals surface area contributed by atoms with Gasteiger partial charge in [-0.3, -0.25) is 0 Å². The van der Waals surface area contributed by atoms with Crippen LogP contribution in [-0.2, 0) is 11.2 Å². The molecule has 1 saturated carbocycles. The summed E-state index contributed by atoms with van der Waals surface area (Å²) < 4.78 is 33.1. The number of rotatable bonds is 3. The summed E-state index contributed by atoms with van der Waals surface area (Å²) in [7, 11) is 1.71. The fraction of sp³-hybridized carbons (Fsp3) is 0.600. The average molecular weight is 254 g/mol. The monoisotopic (exact) mass is 254 g/mol. The standard InChI is InChI=1S/C15H20F2O/c1-3-10-6-9-13(15(17)14(10)16)11-4-7-12(18-2)8-5-11/h6,9,11-12H,3-5,7-8H2,1-2H3. The topological polar surface area (TPSA) is 9.23 Å². The summed E-state index contributed by atoms with van der Waals surface area (Å²) in [6.07, 6.45) is 4.42. The fourth-order valence-electron chi connectivity index (χ4n) is 2.80. The van der Waals surface area contributed by atoms with Crippen molar-refractivity contribution in [1.82, 2.24) is 0 Å². The van der Waals surface area contributed by atoms with Crippen LogP contribution in [-0.4, -0.2) is 13.2 Å². The number of methoxy groups -OCH3 is 1. The zero-order valence-corrected chi connectivity index (χ0v) is 11.0. The van der Waals surface area contributed by atoms with Crippen molar-refractivity contribution >= 4 is 0 Å². The summed E-state index contributed by atoms with van der Waals surface area (Å²) in [5, 5.41) is 0. The Bertz CT molecular complexity index is 409. The summed E-state index contributed by atoms with van der Waals surface area (Å²) in [5.41, 5.74) is 1.00. The van der Waals surface area contributed by atoms with Gasteiger partial charge in [-0.1, -0.05) is 19.1 Å². The summed E-state index contributed by atoms with van der Waals surface area (Å²) >= 11 is 0. The quantitative estimate of drug-likeness (QED) is 0.785. The van der Waals surface area contributed by atoms with Crippen LogP contribution < -0.4 is 0 Å². The van der Waals surface area contributed by atoms with Crippen LogP contribution in [0.1, 0.15) is 49.7 Å². The van der Waals surface area contributed by atoms with Crippen molar-refractivity contribution in [2.24, 2.45) is 0 Å². The highest BCUT2D eigenvalue weighted by Gasteiger charge is 2.25. The number of halogens is 2. The van der Waals surface area contributed by atoms with E-state index >= 15 is 0 Å². The Balaban J connectivity index is 2.17. The third kappa shape index (κ3) is 2.56. The maximum absolute atomic E-state index is 14.0. The number of hydrogen-bond donors (Lipinski definition) is 0. The molecule has 0 aromatic heterocycles. The molecule has 1 aromatic rings. The van der Waals surface area contributed by atoms with E-state index < -0.39 is 11.6 Å². The SMILES string of the molecule is CCc1ccc(C2CCC(OC)CC2)c(F)c1F. The van der Waals surface area contributed by atoms with Crippen molar-refractivity contribution < 1.29 is 13.5 Å². The van der Waals surface area contributed by atoms with Gasteiger partial charge in [-0.05, 0) is 49.1 Å². The molecular weight excluding hydrogens is 234 g/mol. The van der Waals surface area contributed by atoms with E-state index in [4.69, 9.17) is 4.74 Å². The van der Waals surface area contributed by atoms with Gasteiger partial charge in [0.1, 0.15) is 0 Å². The van der Waals surface area contributed by atoms with E-state index in [-0.39, 0.29) is 12.0 Å². The highest BCUT2D eigenvalue weighted by Crippen LogP contribution is 2.36. The van der Waals surface area contributed by atoms with Gasteiger partial charge < -0.3 is 4.74 Å². The van der Waals surface area contributed by atoms with Gasteiger partial charge in [0.25, 0.3) is 0 Å². The third-order valence-electron chi connectivity index (χ3n) is 4.02. The molecule has 1 nitrogen and oxygen atoms in total. The minimum absolute atomic E-state index is 0.136. The average Bonchev–Trinajstić information content (AvgIpc) is 2.42. The largest absolute Gasteiger partial charge is 0.381 e. The van der Waals surface area contributed by atoms with Crippen molar-refractivity contribution in [3.05, 3.63) is 34.9 Å². The minimum Gasteiger partial charge on any atom is -0.381 e. The maximum Gasteiger partial charge on any atom is 0.162 e. The van der Waals surface area contributed by atoms with E-state index in [9.17, 15) is 8.78 Å². The Labute approximate surface area is 107 Å². The molecule has 3 heteroatoms. The molecule has 0 atom stereocenters. The van der Waals surface area contributed by atoms with E-state index in [1.54, 1.807) is 19.2 Å². The van der Waals surface area contributed by atoms with Gasteiger partial charge in [-0.2, -0.15) is 0 Å². The van der Waals surface area contributed by atoms with Crippen LogP contribution in [0.25, 0.3) is 0 Å². The molecule has 0 amide bonds. The maximum atomic E-state index is 14.0. The molecule has 0 unspecified atom stereocenters. The van der Waals surface area contributed by atoms with Crippen LogP contribution in [0.5, 0.6) is 0 Å². The second kappa shape index (κ2) is 5.79. The molecule has 0 aliphatic heterocycles. The van der Waals surface area contributed by atoms with Gasteiger partial charge in [0.15, 0.2) is 11.6 Å². The summed E-state index contributed by atoms with van der Waals surface area (Å²) in [6, 6.07) is 3.48. The van der Waals surface area contributed by atoms with Crippen molar-refractivity contribution in [3.8, 4) is 0 Å². The second-order valence-corrected chi connectivity index (χ2v) is 5.00. The Hall–Kier alpha value is -0.960. The normalized spacial score (nSPS) is 24.2. The molecule has 0 radical (unpaired) electrons. The molecular formula is C15H20F2O. The first-order valence-corrected chi connectivity index (χ1v) is 6.66. The lowest BCUT2D eigenvalue weighted by Gasteiger charge is -2.28. The zero-order valence-electron chi connectivity index (χ0n) is 11.0. The molecule has 0 N–H and O–H groups in total.